The van der Waals surface area contributed by atoms with Crippen molar-refractivity contribution in [2.75, 3.05) is 20.8 Å². The molecule has 2 aliphatic heterocycles. The van der Waals surface area contributed by atoms with Crippen molar-refractivity contribution in [3.63, 3.8) is 0 Å². The molecule has 0 radical (unpaired) electrons. The van der Waals surface area contributed by atoms with Gasteiger partial charge in [0.05, 0.1) is 38.2 Å². The number of fused-ring (bicyclic) bond motifs is 1. The van der Waals surface area contributed by atoms with E-state index >= 15 is 0 Å². The smallest absolute Gasteiger partial charge is 0.338 e. The van der Waals surface area contributed by atoms with Crippen molar-refractivity contribution in [2.24, 2.45) is 17.8 Å². The van der Waals surface area contributed by atoms with Gasteiger partial charge in [-0.25, -0.2) is 14.4 Å². The molecule has 2 aromatic rings. The number of rotatable bonds is 11. The number of methoxy groups -OCH3 is 2. The molecule has 1 saturated heterocycles. The zero-order valence-corrected chi connectivity index (χ0v) is 27.1. The molecule has 0 bridgehead atoms. The number of aliphatic hydroxyl groups excluding tert-OH is 3. The fourth-order valence-electron chi connectivity index (χ4n) is 6.42. The summed E-state index contributed by atoms with van der Waals surface area (Å²) in [6.07, 6.45) is -6.87. The summed E-state index contributed by atoms with van der Waals surface area (Å²) in [5.74, 6) is -5.31. The van der Waals surface area contributed by atoms with Gasteiger partial charge in [0.1, 0.15) is 30.2 Å². The first-order valence-electron chi connectivity index (χ1n) is 15.6. The summed E-state index contributed by atoms with van der Waals surface area (Å²) < 4.78 is 39.0. The quantitative estimate of drug-likeness (QED) is 0.143. The largest absolute Gasteiger partial charge is 0.508 e. The standard InChI is InChI=1S/C34H38O16/c1-15-21(47-32(43)17-5-4-6-18(36)11-17)12-19-20(31(41)42)14-46-33(26(15)19)50-34-30(29(40)28(39)24(13-35)48-34)49-25(37)8-7-16-9-22(44-2)27(38)23(10-16)45-3/h4-11,14-15,19,21,24,26,28-30,33-36,38-40H,12-13H2,1-3H3,(H,41,42)/b8-7+/t15-,19+,21+,24+,26+,28+,29-,30+,33-,34-/m1/s1. The van der Waals surface area contributed by atoms with Gasteiger partial charge in [0.2, 0.25) is 18.3 Å². The lowest BCUT2D eigenvalue weighted by Gasteiger charge is -2.44. The number of carboxylic acid groups (broad SMARTS) is 1. The highest BCUT2D eigenvalue weighted by molar-refractivity contribution is 5.90. The minimum Gasteiger partial charge on any atom is -0.508 e. The number of carbonyl (C=O) groups excluding carboxylic acids is 2. The summed E-state index contributed by atoms with van der Waals surface area (Å²) in [7, 11) is 2.66. The van der Waals surface area contributed by atoms with Crippen LogP contribution in [-0.2, 0) is 33.3 Å². The molecule has 10 atom stereocenters. The molecule has 0 amide bonds. The van der Waals surface area contributed by atoms with Gasteiger partial charge in [0.15, 0.2) is 17.6 Å². The van der Waals surface area contributed by atoms with E-state index in [9.17, 15) is 45.0 Å². The molecule has 2 aromatic carbocycles. The minimum absolute atomic E-state index is 0.0727. The number of carbonyl (C=O) groups is 3. The number of esters is 2. The molecular formula is C34H38O16. The molecule has 5 rings (SSSR count). The number of phenols is 2. The highest BCUT2D eigenvalue weighted by Crippen LogP contribution is 2.49. The van der Waals surface area contributed by atoms with E-state index in [0.29, 0.717) is 5.56 Å². The van der Waals surface area contributed by atoms with Crippen LogP contribution in [0.15, 0.2) is 54.3 Å². The van der Waals surface area contributed by atoms with E-state index in [1.165, 1.54) is 56.7 Å². The van der Waals surface area contributed by atoms with Crippen molar-refractivity contribution >= 4 is 24.0 Å². The second kappa shape index (κ2) is 15.3. The van der Waals surface area contributed by atoms with Crippen LogP contribution >= 0.6 is 0 Å². The molecule has 3 aliphatic rings. The maximum absolute atomic E-state index is 13.0. The van der Waals surface area contributed by atoms with Gasteiger partial charge in [-0.1, -0.05) is 13.0 Å². The van der Waals surface area contributed by atoms with Gasteiger partial charge >= 0.3 is 17.9 Å². The number of aromatic hydroxyl groups is 2. The summed E-state index contributed by atoms with van der Waals surface area (Å²) in [4.78, 5) is 38.1. The van der Waals surface area contributed by atoms with E-state index in [1.54, 1.807) is 6.92 Å². The fraction of sp³-hybridized carbons (Fsp3) is 0.441. The number of benzene rings is 2. The minimum atomic E-state index is -1.81. The summed E-state index contributed by atoms with van der Waals surface area (Å²) in [5.41, 5.74) is 0.367. The Bertz CT molecular complexity index is 1610. The first-order valence-corrected chi connectivity index (χ1v) is 15.6. The Hall–Kier alpha value is -4.87. The van der Waals surface area contributed by atoms with E-state index < -0.39 is 85.4 Å². The van der Waals surface area contributed by atoms with Crippen LogP contribution < -0.4 is 9.47 Å². The van der Waals surface area contributed by atoms with Gasteiger partial charge < -0.3 is 63.8 Å². The maximum atomic E-state index is 13.0. The Labute approximate surface area is 285 Å². The molecule has 1 aliphatic carbocycles. The number of phenolic OH excluding ortho intramolecular Hbond substituents is 2. The van der Waals surface area contributed by atoms with Crippen molar-refractivity contribution in [3.05, 3.63) is 65.4 Å². The molecule has 270 valence electrons. The van der Waals surface area contributed by atoms with E-state index in [1.807, 2.05) is 0 Å². The molecule has 0 unspecified atom stereocenters. The summed E-state index contributed by atoms with van der Waals surface area (Å²) in [6.45, 7) is 0.968. The molecule has 16 heteroatoms. The van der Waals surface area contributed by atoms with E-state index in [4.69, 9.17) is 33.2 Å². The van der Waals surface area contributed by atoms with Crippen LogP contribution in [-0.4, -0.2) is 112 Å². The van der Waals surface area contributed by atoms with Crippen LogP contribution in [0.2, 0.25) is 0 Å². The lowest BCUT2D eigenvalue weighted by molar-refractivity contribution is -0.343. The van der Waals surface area contributed by atoms with Gasteiger partial charge in [-0.2, -0.15) is 0 Å². The average molecular weight is 703 g/mol. The third kappa shape index (κ3) is 7.49. The van der Waals surface area contributed by atoms with Gasteiger partial charge in [-0.05, 0) is 48.4 Å². The Morgan fingerprint density at radius 2 is 1.68 bits per heavy atom. The molecule has 0 aromatic heterocycles. The van der Waals surface area contributed by atoms with Crippen LogP contribution in [0.1, 0.15) is 29.3 Å². The molecule has 6 N–H and O–H groups in total. The Kier molecular flexibility index (Phi) is 11.2. The first kappa shape index (κ1) is 36.4. The van der Waals surface area contributed by atoms with Gasteiger partial charge in [-0.15, -0.1) is 0 Å². The van der Waals surface area contributed by atoms with Gasteiger partial charge in [-0.3, -0.25) is 0 Å². The third-order valence-electron chi connectivity index (χ3n) is 9.03. The normalized spacial score (nSPS) is 30.5. The van der Waals surface area contributed by atoms with Gasteiger partial charge in [0, 0.05) is 23.8 Å². The van der Waals surface area contributed by atoms with Crippen molar-refractivity contribution < 1.29 is 78.2 Å². The first-order chi connectivity index (χ1) is 23.9. The summed E-state index contributed by atoms with van der Waals surface area (Å²) >= 11 is 0. The predicted molar refractivity (Wildman–Crippen MR) is 168 cm³/mol. The Morgan fingerprint density at radius 1 is 0.980 bits per heavy atom. The molecule has 2 heterocycles. The van der Waals surface area contributed by atoms with E-state index in [-0.39, 0.29) is 40.6 Å². The zero-order chi connectivity index (χ0) is 36.3. The number of hydrogen-bond donors (Lipinski definition) is 6. The van der Waals surface area contributed by atoms with Crippen molar-refractivity contribution in [1.82, 2.24) is 0 Å². The fourth-order valence-corrected chi connectivity index (χ4v) is 6.42. The number of aliphatic hydroxyl groups is 3. The molecular weight excluding hydrogens is 664 g/mol. The molecule has 50 heavy (non-hydrogen) atoms. The number of carboxylic acids is 1. The van der Waals surface area contributed by atoms with E-state index in [2.05, 4.69) is 0 Å². The van der Waals surface area contributed by atoms with Crippen molar-refractivity contribution in [1.29, 1.82) is 0 Å². The second-order valence-corrected chi connectivity index (χ2v) is 12.0. The topological polar surface area (TPSA) is 237 Å². The monoisotopic (exact) mass is 702 g/mol. The number of hydrogen-bond acceptors (Lipinski definition) is 15. The number of ether oxygens (including phenoxy) is 7. The molecule has 16 nitrogen and oxygen atoms in total. The zero-order valence-electron chi connectivity index (χ0n) is 27.1. The molecule has 2 fully saturated rings. The lowest BCUT2D eigenvalue weighted by Crippen LogP contribution is -2.61. The van der Waals surface area contributed by atoms with Crippen molar-refractivity contribution in [2.45, 2.75) is 56.4 Å². The summed E-state index contributed by atoms with van der Waals surface area (Å²) in [6, 6.07) is 8.41. The maximum Gasteiger partial charge on any atom is 0.338 e. The average Bonchev–Trinajstić information content (AvgIpc) is 3.42. The Morgan fingerprint density at radius 3 is 2.30 bits per heavy atom. The van der Waals surface area contributed by atoms with Crippen LogP contribution in [0.25, 0.3) is 6.08 Å². The van der Waals surface area contributed by atoms with Crippen LogP contribution in [0.3, 0.4) is 0 Å². The highest BCUT2D eigenvalue weighted by atomic mass is 16.8. The van der Waals surface area contributed by atoms with Crippen LogP contribution in [0.5, 0.6) is 23.0 Å². The molecule has 1 saturated carbocycles. The number of aliphatic carboxylic acids is 1. The Balaban J connectivity index is 1.36. The second-order valence-electron chi connectivity index (χ2n) is 12.0. The lowest BCUT2D eigenvalue weighted by atomic mass is 9.83. The van der Waals surface area contributed by atoms with E-state index in [0.717, 1.165) is 12.3 Å². The van der Waals surface area contributed by atoms with Crippen LogP contribution in [0, 0.1) is 17.8 Å². The van der Waals surface area contributed by atoms with Crippen LogP contribution in [0.4, 0.5) is 0 Å². The summed E-state index contributed by atoms with van der Waals surface area (Å²) in [5, 5.41) is 61.2. The SMILES string of the molecule is COc1cc(/C=C/C(=O)O[C@@H]2[C@@H](O[C@H]3OC=C(C(=O)O)[C@@H]4C[C@H](OC(=O)c5cccc(O)c5)[C@@H](C)[C@H]34)O[C@@H](CO)[C@H](O)[C@H]2O)cc(OC)c1O. The van der Waals surface area contributed by atoms with Crippen molar-refractivity contribution in [3.8, 4) is 23.0 Å². The third-order valence-corrected chi connectivity index (χ3v) is 9.03. The highest BCUT2D eigenvalue weighted by Gasteiger charge is 2.55. The predicted octanol–water partition coefficient (Wildman–Crippen LogP) is 1.32. The molecule has 0 spiro atoms. The van der Waals surface area contributed by atoms with Gasteiger partial charge in [0.25, 0.3) is 0 Å².